The molecule has 168 valence electrons. The van der Waals surface area contributed by atoms with E-state index in [0.717, 1.165) is 55.9 Å². The molecule has 0 unspecified atom stereocenters. The molecule has 1 spiro atoms. The van der Waals surface area contributed by atoms with Gasteiger partial charge in [-0.2, -0.15) is 5.10 Å². The van der Waals surface area contributed by atoms with Gasteiger partial charge in [-0.25, -0.2) is 0 Å². The number of aliphatic hydroxyl groups is 1. The van der Waals surface area contributed by atoms with Crippen LogP contribution in [0.25, 0.3) is 11.3 Å². The minimum absolute atomic E-state index is 0. The van der Waals surface area contributed by atoms with Gasteiger partial charge in [0.15, 0.2) is 0 Å². The highest BCUT2D eigenvalue weighted by Crippen LogP contribution is 2.51. The first-order valence-electron chi connectivity index (χ1n) is 10.0. The minimum atomic E-state index is -0.249. The third kappa shape index (κ3) is 4.77. The Labute approximate surface area is 190 Å². The second kappa shape index (κ2) is 10.8. The van der Waals surface area contributed by atoms with E-state index in [-0.39, 0.29) is 42.4 Å². The van der Waals surface area contributed by atoms with E-state index in [1.54, 1.807) is 7.11 Å². The Balaban J connectivity index is 0.00000160. The number of nitrogens with one attached hydrogen (secondary N) is 1. The molecule has 1 aromatic heterocycles. The Morgan fingerprint density at radius 3 is 2.53 bits per heavy atom. The number of likely N-dealkylation sites (tertiary alicyclic amines) is 1. The molecule has 0 radical (unpaired) electrons. The number of aromatic nitrogens is 2. The standard InChI is InChI=1S/C21H30N4O3.2ClH/c1-27-17-4-2-15(3-5-17)20-16(13-23-24-20)14-25-9-6-21(7-10-25)18(26)12-19(21)28-11-8-22;;/h2-5,13,18-19,26H,6-12,14,22H2,1H3,(H,23,24);2*1H/t18-,19+;;/m1../s1. The van der Waals surface area contributed by atoms with Crippen LogP contribution < -0.4 is 10.5 Å². The van der Waals surface area contributed by atoms with Crippen LogP contribution in [0, 0.1) is 5.41 Å². The molecule has 2 aliphatic rings. The molecule has 1 aliphatic heterocycles. The predicted molar refractivity (Wildman–Crippen MR) is 121 cm³/mol. The molecule has 1 saturated heterocycles. The number of rotatable bonds is 7. The average molecular weight is 459 g/mol. The van der Waals surface area contributed by atoms with Crippen LogP contribution in [0.5, 0.6) is 5.75 Å². The summed E-state index contributed by atoms with van der Waals surface area (Å²) in [5.74, 6) is 0.844. The molecule has 1 aliphatic carbocycles. The summed E-state index contributed by atoms with van der Waals surface area (Å²) in [7, 11) is 1.67. The molecule has 1 saturated carbocycles. The average Bonchev–Trinajstić information content (AvgIpc) is 3.19. The van der Waals surface area contributed by atoms with Crippen molar-refractivity contribution < 1.29 is 14.6 Å². The van der Waals surface area contributed by atoms with Gasteiger partial charge in [0.2, 0.25) is 0 Å². The molecule has 0 amide bonds. The Kier molecular flexibility index (Phi) is 8.97. The van der Waals surface area contributed by atoms with E-state index < -0.39 is 0 Å². The highest BCUT2D eigenvalue weighted by Gasteiger charge is 2.56. The molecule has 4 N–H and O–H groups in total. The monoisotopic (exact) mass is 458 g/mol. The van der Waals surface area contributed by atoms with Crippen molar-refractivity contribution in [1.29, 1.82) is 0 Å². The normalized spacial score (nSPS) is 22.6. The summed E-state index contributed by atoms with van der Waals surface area (Å²) >= 11 is 0. The predicted octanol–water partition coefficient (Wildman–Crippen LogP) is 2.62. The molecule has 2 atom stereocenters. The Morgan fingerprint density at radius 1 is 1.23 bits per heavy atom. The summed E-state index contributed by atoms with van der Waals surface area (Å²) in [6.07, 6.45) is 4.47. The highest BCUT2D eigenvalue weighted by molar-refractivity contribution is 5.85. The first kappa shape index (κ1) is 24.9. The van der Waals surface area contributed by atoms with E-state index in [2.05, 4.69) is 15.1 Å². The number of hydrogen-bond donors (Lipinski definition) is 3. The molecular formula is C21H32Cl2N4O3. The van der Waals surface area contributed by atoms with Crippen molar-refractivity contribution in [3.8, 4) is 17.0 Å². The first-order chi connectivity index (χ1) is 13.7. The van der Waals surface area contributed by atoms with Crippen molar-refractivity contribution in [3.05, 3.63) is 36.0 Å². The SMILES string of the molecule is COc1ccc(-c2[nH]ncc2CN2CCC3(CC2)[C@H](O)C[C@@H]3OCCN)cc1.Cl.Cl. The van der Waals surface area contributed by atoms with Gasteiger partial charge in [0.05, 0.1) is 37.8 Å². The lowest BCUT2D eigenvalue weighted by Gasteiger charge is -2.56. The van der Waals surface area contributed by atoms with Gasteiger partial charge in [-0.05, 0) is 50.2 Å². The van der Waals surface area contributed by atoms with Crippen molar-refractivity contribution in [1.82, 2.24) is 15.1 Å². The molecule has 2 heterocycles. The number of aliphatic hydroxyl groups excluding tert-OH is 1. The van der Waals surface area contributed by atoms with Crippen molar-refractivity contribution in [2.75, 3.05) is 33.4 Å². The van der Waals surface area contributed by atoms with Gasteiger partial charge in [-0.1, -0.05) is 0 Å². The van der Waals surface area contributed by atoms with Crippen LogP contribution in [0.4, 0.5) is 0 Å². The number of aromatic amines is 1. The minimum Gasteiger partial charge on any atom is -0.497 e. The largest absolute Gasteiger partial charge is 0.497 e. The Bertz CT molecular complexity index is 779. The smallest absolute Gasteiger partial charge is 0.118 e. The highest BCUT2D eigenvalue weighted by atomic mass is 35.5. The van der Waals surface area contributed by atoms with E-state index >= 15 is 0 Å². The zero-order valence-corrected chi connectivity index (χ0v) is 18.9. The van der Waals surface area contributed by atoms with Crippen LogP contribution in [0.3, 0.4) is 0 Å². The molecule has 1 aromatic carbocycles. The van der Waals surface area contributed by atoms with Crippen LogP contribution in [0.15, 0.2) is 30.5 Å². The van der Waals surface area contributed by atoms with E-state index in [9.17, 15) is 5.11 Å². The third-order valence-corrected chi connectivity index (χ3v) is 6.46. The van der Waals surface area contributed by atoms with Crippen LogP contribution in [0.1, 0.15) is 24.8 Å². The van der Waals surface area contributed by atoms with Gasteiger partial charge in [0.1, 0.15) is 5.75 Å². The zero-order valence-electron chi connectivity index (χ0n) is 17.3. The summed E-state index contributed by atoms with van der Waals surface area (Å²) in [6.45, 7) is 3.85. The first-order valence-corrected chi connectivity index (χ1v) is 10.0. The molecule has 9 heteroatoms. The van der Waals surface area contributed by atoms with Gasteiger partial charge >= 0.3 is 0 Å². The van der Waals surface area contributed by atoms with Crippen LogP contribution in [-0.4, -0.2) is 65.8 Å². The number of piperidine rings is 1. The Morgan fingerprint density at radius 2 is 1.93 bits per heavy atom. The summed E-state index contributed by atoms with van der Waals surface area (Å²) in [5.41, 5.74) is 8.83. The van der Waals surface area contributed by atoms with E-state index in [4.69, 9.17) is 15.2 Å². The van der Waals surface area contributed by atoms with Gasteiger partial charge in [-0.15, -0.1) is 24.8 Å². The van der Waals surface area contributed by atoms with Crippen LogP contribution in [-0.2, 0) is 11.3 Å². The van der Waals surface area contributed by atoms with Gasteiger partial charge < -0.3 is 20.3 Å². The molecule has 7 nitrogen and oxygen atoms in total. The van der Waals surface area contributed by atoms with E-state index in [0.29, 0.717) is 13.2 Å². The maximum Gasteiger partial charge on any atom is 0.118 e. The number of nitrogens with zero attached hydrogens (tertiary/aromatic N) is 2. The van der Waals surface area contributed by atoms with Crippen molar-refractivity contribution in [3.63, 3.8) is 0 Å². The maximum atomic E-state index is 10.4. The zero-order chi connectivity index (χ0) is 19.6. The lowest BCUT2D eigenvalue weighted by Crippen LogP contribution is -2.62. The van der Waals surface area contributed by atoms with E-state index in [1.165, 1.54) is 5.56 Å². The molecule has 2 aromatic rings. The number of benzene rings is 1. The fourth-order valence-corrected chi connectivity index (χ4v) is 4.63. The summed E-state index contributed by atoms with van der Waals surface area (Å²) in [5, 5.41) is 17.8. The summed E-state index contributed by atoms with van der Waals surface area (Å²) in [4.78, 5) is 2.44. The van der Waals surface area contributed by atoms with Crippen molar-refractivity contribution >= 4 is 24.8 Å². The fraction of sp³-hybridized carbons (Fsp3) is 0.571. The molecule has 4 rings (SSSR count). The Hall–Kier alpha value is -1.35. The number of H-pyrrole nitrogens is 1. The molecule has 2 fully saturated rings. The van der Waals surface area contributed by atoms with Crippen LogP contribution >= 0.6 is 24.8 Å². The second-order valence-corrected chi connectivity index (χ2v) is 7.91. The molecule has 0 bridgehead atoms. The van der Waals surface area contributed by atoms with Crippen molar-refractivity contribution in [2.24, 2.45) is 11.1 Å². The number of methoxy groups -OCH3 is 1. The lowest BCUT2D eigenvalue weighted by molar-refractivity contribution is -0.210. The topological polar surface area (TPSA) is 96.6 Å². The maximum absolute atomic E-state index is 10.4. The van der Waals surface area contributed by atoms with Gasteiger partial charge in [0, 0.05) is 36.1 Å². The summed E-state index contributed by atoms with van der Waals surface area (Å²) in [6, 6.07) is 8.02. The fourth-order valence-electron chi connectivity index (χ4n) is 4.63. The van der Waals surface area contributed by atoms with Gasteiger partial charge in [0.25, 0.3) is 0 Å². The number of halogens is 2. The molecular weight excluding hydrogens is 427 g/mol. The lowest BCUT2D eigenvalue weighted by atomic mass is 9.58. The van der Waals surface area contributed by atoms with Gasteiger partial charge in [-0.3, -0.25) is 10.00 Å². The number of hydrogen-bond acceptors (Lipinski definition) is 6. The second-order valence-electron chi connectivity index (χ2n) is 7.91. The molecule has 30 heavy (non-hydrogen) atoms. The van der Waals surface area contributed by atoms with Crippen molar-refractivity contribution in [2.45, 2.75) is 38.0 Å². The number of nitrogens with two attached hydrogens (primary N) is 1. The number of ether oxygens (including phenoxy) is 2. The summed E-state index contributed by atoms with van der Waals surface area (Å²) < 4.78 is 11.1. The quantitative estimate of drug-likeness (QED) is 0.589. The van der Waals surface area contributed by atoms with E-state index in [1.807, 2.05) is 30.5 Å². The third-order valence-electron chi connectivity index (χ3n) is 6.46. The van der Waals surface area contributed by atoms with Crippen LogP contribution in [0.2, 0.25) is 0 Å².